The molecule has 0 bridgehead atoms. The number of hydrogen-bond acceptors (Lipinski definition) is 5. The van der Waals surface area contributed by atoms with Crippen LogP contribution in [0.3, 0.4) is 0 Å². The van der Waals surface area contributed by atoms with Crippen LogP contribution in [0.5, 0.6) is 0 Å². The monoisotopic (exact) mass is 574 g/mol. The van der Waals surface area contributed by atoms with Crippen molar-refractivity contribution in [3.8, 4) is 0 Å². The summed E-state index contributed by atoms with van der Waals surface area (Å²) in [5, 5.41) is 9.40. The van der Waals surface area contributed by atoms with Crippen LogP contribution in [0.25, 0.3) is 0 Å². The summed E-state index contributed by atoms with van der Waals surface area (Å²) in [5.41, 5.74) is 0.885. The van der Waals surface area contributed by atoms with Crippen molar-refractivity contribution < 1.29 is 9.59 Å². The van der Waals surface area contributed by atoms with Crippen molar-refractivity contribution >= 4 is 11.8 Å². The molecule has 3 aromatic rings. The normalized spacial score (nSPS) is 19.0. The molecular formula is C32H42N6O4. The van der Waals surface area contributed by atoms with Gasteiger partial charge in [-0.05, 0) is 82.5 Å². The Labute approximate surface area is 246 Å². The van der Waals surface area contributed by atoms with Gasteiger partial charge in [0.1, 0.15) is 12.1 Å². The first-order valence-electron chi connectivity index (χ1n) is 15.1. The molecule has 1 unspecified atom stereocenters. The molecule has 2 aromatic carbocycles. The van der Waals surface area contributed by atoms with Crippen molar-refractivity contribution in [1.82, 2.24) is 29.9 Å². The molecule has 1 aromatic heterocycles. The Morgan fingerprint density at radius 2 is 1.48 bits per heavy atom. The third kappa shape index (κ3) is 6.28. The second-order valence-electron chi connectivity index (χ2n) is 11.8. The van der Waals surface area contributed by atoms with E-state index in [0.29, 0.717) is 38.5 Å². The highest BCUT2D eigenvalue weighted by Crippen LogP contribution is 2.37. The number of nitrogens with zero attached hydrogens (tertiary/aromatic N) is 3. The van der Waals surface area contributed by atoms with Crippen molar-refractivity contribution in [2.45, 2.75) is 82.0 Å². The van der Waals surface area contributed by atoms with E-state index in [4.69, 9.17) is 0 Å². The third-order valence-electron chi connectivity index (χ3n) is 8.93. The topological polar surface area (TPSA) is 119 Å². The van der Waals surface area contributed by atoms with Gasteiger partial charge in [0.15, 0.2) is 0 Å². The zero-order chi connectivity index (χ0) is 29.7. The van der Waals surface area contributed by atoms with E-state index in [1.807, 2.05) is 55.5 Å². The zero-order valence-electron chi connectivity index (χ0n) is 24.6. The lowest BCUT2D eigenvalue weighted by Gasteiger charge is -2.44. The van der Waals surface area contributed by atoms with Gasteiger partial charge in [-0.2, -0.15) is 0 Å². The molecular weight excluding hydrogens is 532 g/mol. The maximum atomic E-state index is 13.8. The Bertz CT molecular complexity index is 1490. The lowest BCUT2D eigenvalue weighted by Crippen LogP contribution is -2.57. The molecule has 0 saturated carbocycles. The molecule has 224 valence electrons. The van der Waals surface area contributed by atoms with E-state index in [9.17, 15) is 19.2 Å². The van der Waals surface area contributed by atoms with Gasteiger partial charge in [0, 0.05) is 13.1 Å². The third-order valence-corrected chi connectivity index (χ3v) is 8.93. The summed E-state index contributed by atoms with van der Waals surface area (Å²) in [7, 11) is 1.46. The van der Waals surface area contributed by atoms with Crippen molar-refractivity contribution in [2.75, 3.05) is 13.1 Å². The summed E-state index contributed by atoms with van der Waals surface area (Å²) in [4.78, 5) is 53.9. The standard InChI is InChI=1S/C32H42N6O4/c1-23(13-14-24-9-5-3-6-10-24)34-28(39)26(16-15-25-11-7-4-8-12-25)35-29(40)27-17-18-32(19-21-33-22-20-32)38-31(42)36(2)30(41)37(27)38/h3-12,23,26-27,33H,13-22H2,1-2H3,(H,34,39)(H,35,40)/t23-,26+,27?/m1/s1. The minimum absolute atomic E-state index is 0.0924. The van der Waals surface area contributed by atoms with Gasteiger partial charge in [-0.3, -0.25) is 9.59 Å². The number of piperidine rings is 1. The number of rotatable bonds is 10. The number of amides is 2. The molecule has 2 aliphatic heterocycles. The summed E-state index contributed by atoms with van der Waals surface area (Å²) in [6.07, 6.45) is 5.09. The van der Waals surface area contributed by atoms with E-state index in [1.54, 1.807) is 0 Å². The average Bonchev–Trinajstić information content (AvgIpc) is 3.24. The Balaban J connectivity index is 1.34. The molecule has 1 fully saturated rings. The van der Waals surface area contributed by atoms with Crippen LogP contribution in [-0.4, -0.2) is 50.9 Å². The molecule has 0 radical (unpaired) electrons. The van der Waals surface area contributed by atoms with Gasteiger partial charge >= 0.3 is 11.4 Å². The molecule has 5 rings (SSSR count). The smallest absolute Gasteiger partial charge is 0.347 e. The summed E-state index contributed by atoms with van der Waals surface area (Å²) in [6.45, 7) is 3.46. The summed E-state index contributed by atoms with van der Waals surface area (Å²) >= 11 is 0. The molecule has 42 heavy (non-hydrogen) atoms. The maximum absolute atomic E-state index is 13.8. The number of hydrogen-bond donors (Lipinski definition) is 3. The number of aromatic nitrogens is 3. The highest BCUT2D eigenvalue weighted by atomic mass is 16.2. The van der Waals surface area contributed by atoms with E-state index in [-0.39, 0.29) is 11.9 Å². The van der Waals surface area contributed by atoms with Crippen LogP contribution >= 0.6 is 0 Å². The Hall–Kier alpha value is -3.92. The largest absolute Gasteiger partial charge is 0.352 e. The van der Waals surface area contributed by atoms with Gasteiger partial charge < -0.3 is 16.0 Å². The van der Waals surface area contributed by atoms with E-state index in [1.165, 1.54) is 22.0 Å². The minimum Gasteiger partial charge on any atom is -0.352 e. The fourth-order valence-corrected chi connectivity index (χ4v) is 6.42. The summed E-state index contributed by atoms with van der Waals surface area (Å²) < 4.78 is 3.97. The van der Waals surface area contributed by atoms with E-state index >= 15 is 0 Å². The predicted molar refractivity (Wildman–Crippen MR) is 161 cm³/mol. The predicted octanol–water partition coefficient (Wildman–Crippen LogP) is 2.02. The van der Waals surface area contributed by atoms with Gasteiger partial charge in [0.25, 0.3) is 0 Å². The van der Waals surface area contributed by atoms with Gasteiger partial charge in [-0.15, -0.1) is 0 Å². The number of carbonyl (C=O) groups is 2. The van der Waals surface area contributed by atoms with Crippen LogP contribution in [0, 0.1) is 0 Å². The highest BCUT2D eigenvalue weighted by molar-refractivity contribution is 5.89. The first-order valence-corrected chi connectivity index (χ1v) is 15.1. The molecule has 2 aliphatic rings. The van der Waals surface area contributed by atoms with Crippen LogP contribution in [0.4, 0.5) is 0 Å². The number of benzene rings is 2. The number of nitrogens with one attached hydrogen (secondary N) is 3. The molecule has 1 spiro atoms. The second kappa shape index (κ2) is 12.9. The number of aryl methyl sites for hydroxylation is 2. The lowest BCUT2D eigenvalue weighted by atomic mass is 9.81. The van der Waals surface area contributed by atoms with Gasteiger partial charge in [-0.25, -0.2) is 23.5 Å². The SMILES string of the molecule is C[C@H](CCc1ccccc1)NC(=O)[C@H](CCc1ccccc1)NC(=O)C1CCC2(CCNCC2)n2c(=O)n(C)c(=O)n21. The van der Waals surface area contributed by atoms with E-state index in [2.05, 4.69) is 28.1 Å². The quantitative estimate of drug-likeness (QED) is 0.342. The summed E-state index contributed by atoms with van der Waals surface area (Å²) in [5.74, 6) is -0.659. The maximum Gasteiger partial charge on any atom is 0.347 e. The number of carbonyl (C=O) groups excluding carboxylic acids is 2. The minimum atomic E-state index is -0.866. The molecule has 2 amide bonds. The van der Waals surface area contributed by atoms with Gasteiger partial charge in [0.05, 0.1) is 5.54 Å². The zero-order valence-corrected chi connectivity index (χ0v) is 24.6. The fraction of sp³-hybridized carbons (Fsp3) is 0.500. The van der Waals surface area contributed by atoms with Crippen molar-refractivity contribution in [1.29, 1.82) is 0 Å². The highest BCUT2D eigenvalue weighted by Gasteiger charge is 2.45. The first kappa shape index (κ1) is 29.6. The average molecular weight is 575 g/mol. The lowest BCUT2D eigenvalue weighted by molar-refractivity contribution is -0.132. The molecule has 0 aliphatic carbocycles. The molecule has 10 nitrogen and oxygen atoms in total. The van der Waals surface area contributed by atoms with Gasteiger partial charge in [-0.1, -0.05) is 60.7 Å². The van der Waals surface area contributed by atoms with Crippen LogP contribution in [0.15, 0.2) is 70.3 Å². The molecule has 10 heteroatoms. The Kier molecular flexibility index (Phi) is 9.11. The van der Waals surface area contributed by atoms with Gasteiger partial charge in [0.2, 0.25) is 11.8 Å². The molecule has 3 heterocycles. The molecule has 3 N–H and O–H groups in total. The van der Waals surface area contributed by atoms with E-state index in [0.717, 1.165) is 36.1 Å². The second-order valence-corrected chi connectivity index (χ2v) is 11.8. The first-order chi connectivity index (χ1) is 20.3. The van der Waals surface area contributed by atoms with Crippen LogP contribution in [0.1, 0.15) is 62.6 Å². The fourth-order valence-electron chi connectivity index (χ4n) is 6.42. The van der Waals surface area contributed by atoms with E-state index < -0.39 is 34.9 Å². The van der Waals surface area contributed by atoms with Crippen molar-refractivity contribution in [3.63, 3.8) is 0 Å². The van der Waals surface area contributed by atoms with Crippen molar-refractivity contribution in [2.24, 2.45) is 7.05 Å². The van der Waals surface area contributed by atoms with Crippen molar-refractivity contribution in [3.05, 3.63) is 92.8 Å². The Morgan fingerprint density at radius 1 is 0.881 bits per heavy atom. The Morgan fingerprint density at radius 3 is 2.10 bits per heavy atom. The molecule has 3 atom stereocenters. The summed E-state index contributed by atoms with van der Waals surface area (Å²) in [6, 6.07) is 18.2. The van der Waals surface area contributed by atoms with Crippen LogP contribution in [-0.2, 0) is 35.0 Å². The molecule has 1 saturated heterocycles. The number of fused-ring (bicyclic) bond motifs is 2. The van der Waals surface area contributed by atoms with Crippen LogP contribution in [0.2, 0.25) is 0 Å². The van der Waals surface area contributed by atoms with Crippen LogP contribution < -0.4 is 27.3 Å².